The Bertz CT molecular complexity index is 755. The van der Waals surface area contributed by atoms with Crippen LogP contribution in [0.1, 0.15) is 47.1 Å². The van der Waals surface area contributed by atoms with Gasteiger partial charge in [0.15, 0.2) is 5.22 Å². The molecule has 0 aliphatic rings. The Hall–Kier alpha value is -3.06. The van der Waals surface area contributed by atoms with Crippen molar-refractivity contribution in [2.45, 2.75) is 47.6 Å². The van der Waals surface area contributed by atoms with Crippen molar-refractivity contribution >= 4 is 25.3 Å². The van der Waals surface area contributed by atoms with Gasteiger partial charge in [0.2, 0.25) is 0 Å². The van der Waals surface area contributed by atoms with Gasteiger partial charge >= 0.3 is 12.1 Å². The van der Waals surface area contributed by atoms with Crippen molar-refractivity contribution in [3.05, 3.63) is 70.1 Å². The molecule has 0 bridgehead atoms. The summed E-state index contributed by atoms with van der Waals surface area (Å²) in [4.78, 5) is 25.8. The second-order valence-corrected chi connectivity index (χ2v) is 5.91. The average molecular weight is 386 g/mol. The number of hydrogen-bond donors (Lipinski definition) is 0. The molecule has 2 aromatic rings. The molecule has 28 heavy (non-hydrogen) atoms. The second-order valence-electron chi connectivity index (χ2n) is 5.91. The third-order valence-corrected chi connectivity index (χ3v) is 3.05. The quantitative estimate of drug-likeness (QED) is 0.457. The summed E-state index contributed by atoms with van der Waals surface area (Å²) in [5.41, 5.74) is 2.26. The number of rotatable bonds is 4. The first-order valence-corrected chi connectivity index (χ1v) is 9.03. The molecular weight excluding hydrogens is 352 g/mol. The summed E-state index contributed by atoms with van der Waals surface area (Å²) >= 11 is 0. The monoisotopic (exact) mass is 385 g/mol. The summed E-state index contributed by atoms with van der Waals surface area (Å²) < 4.78 is 11.7. The van der Waals surface area contributed by atoms with Crippen LogP contribution >= 0.6 is 0 Å². The third kappa shape index (κ3) is 16.4. The van der Waals surface area contributed by atoms with Crippen molar-refractivity contribution in [3.63, 3.8) is 0 Å². The van der Waals surface area contributed by atoms with E-state index in [2.05, 4.69) is 32.6 Å². The molecule has 0 heterocycles. The molecule has 150 valence electrons. The molecule has 4 nitrogen and oxygen atoms in total. The molecule has 2 aromatic carbocycles. The molecule has 0 saturated heterocycles. The minimum absolute atomic E-state index is 0.264. The predicted molar refractivity (Wildman–Crippen MR) is 114 cm³/mol. The number of hydrogen-bond acceptors (Lipinski definition) is 3. The topological polar surface area (TPSA) is 64.8 Å². The molecule has 2 rings (SSSR count). The maximum absolute atomic E-state index is 10.8. The Morgan fingerprint density at radius 2 is 1.61 bits per heavy atom. The van der Waals surface area contributed by atoms with E-state index < -0.39 is 5.97 Å². The van der Waals surface area contributed by atoms with Gasteiger partial charge in [-0.25, -0.2) is 0 Å². The lowest BCUT2D eigenvalue weighted by molar-refractivity contribution is -0.142. The molecular formula is C24H32O4+2. The van der Waals surface area contributed by atoms with Crippen molar-refractivity contribution in [1.82, 2.24) is 0 Å². The molecule has 0 unspecified atom stereocenters. The highest BCUT2D eigenvalue weighted by Crippen LogP contribution is 2.10. The fourth-order valence-electron chi connectivity index (χ4n) is 1.92. The zero-order valence-electron chi connectivity index (χ0n) is 18.3. The molecule has 0 atom stereocenters. The molecule has 0 aliphatic carbocycles. The van der Waals surface area contributed by atoms with Crippen molar-refractivity contribution in [1.29, 1.82) is 0 Å². The molecule has 1 N–H and O–H groups in total. The zero-order chi connectivity index (χ0) is 22.7. The standard InChI is InChI=1S/C13H18O2.C8H7.C2H6.CO2/c1-10(2)8-12-4-6-13(7-5-12)9-15-11(3)14;1-7-3-5-8(2)6-4-7;1-2;2-1-3/h4-7,10H,8-9H2,1-3H3;1,3-6H,2H2;1-2H3;/q;+1;;/p+1/i3D;;;. The Morgan fingerprint density at radius 3 is 2.00 bits per heavy atom. The van der Waals surface area contributed by atoms with E-state index >= 15 is 0 Å². The van der Waals surface area contributed by atoms with Crippen molar-refractivity contribution in [3.8, 4) is 0 Å². The molecule has 0 saturated carbocycles. The van der Waals surface area contributed by atoms with Crippen LogP contribution in [-0.4, -0.2) is 16.9 Å². The van der Waals surface area contributed by atoms with Gasteiger partial charge in [0.05, 0.1) is 12.1 Å². The van der Waals surface area contributed by atoms with Gasteiger partial charge in [0, 0.05) is 27.0 Å². The SMILES string of the molecule is CC.O=C=[OH+].[2H]CC(=O)OCc1ccc(CC(C)C)cc1.[CH+]=c1ccc(=C)cc1. The van der Waals surface area contributed by atoms with Gasteiger partial charge in [-0.3, -0.25) is 9.59 Å². The Labute approximate surface area is 170 Å². The molecule has 0 aliphatic heterocycles. The lowest BCUT2D eigenvalue weighted by Gasteiger charge is -2.06. The predicted octanol–water partition coefficient (Wildman–Crippen LogP) is 3.75. The van der Waals surface area contributed by atoms with Crippen LogP contribution in [-0.2, 0) is 27.4 Å². The van der Waals surface area contributed by atoms with Crippen LogP contribution in [0, 0.1) is 5.92 Å². The molecule has 0 spiro atoms. The lowest BCUT2D eigenvalue weighted by Crippen LogP contribution is -2.02. The number of benzene rings is 2. The summed E-state index contributed by atoms with van der Waals surface area (Å²) in [5.74, 6) is 0.165. The first-order valence-electron chi connectivity index (χ1n) is 9.74. The molecule has 0 amide bonds. The highest BCUT2D eigenvalue weighted by Gasteiger charge is 1.99. The van der Waals surface area contributed by atoms with Crippen LogP contribution in [0.15, 0.2) is 48.5 Å². The van der Waals surface area contributed by atoms with E-state index in [9.17, 15) is 4.79 Å². The fraction of sp³-hybridized carbons (Fsp3) is 0.333. The maximum atomic E-state index is 10.8. The Kier molecular flexibility index (Phi) is 15.5. The van der Waals surface area contributed by atoms with Crippen LogP contribution in [0.5, 0.6) is 0 Å². The summed E-state index contributed by atoms with van der Waals surface area (Å²) in [6.07, 6.45) is 1.56. The van der Waals surface area contributed by atoms with Crippen LogP contribution in [0.4, 0.5) is 0 Å². The number of carbonyl (C=O) groups is 1. The largest absolute Gasteiger partial charge is 0.660 e. The molecule has 0 fully saturated rings. The summed E-state index contributed by atoms with van der Waals surface area (Å²) in [6, 6.07) is 15.5. The van der Waals surface area contributed by atoms with Gasteiger partial charge in [0.1, 0.15) is 11.4 Å². The van der Waals surface area contributed by atoms with E-state index in [1.54, 1.807) is 0 Å². The van der Waals surface area contributed by atoms with Crippen molar-refractivity contribution in [2.24, 2.45) is 5.92 Å². The minimum atomic E-state index is -0.480. The van der Waals surface area contributed by atoms with Gasteiger partial charge in [-0.05, 0) is 28.7 Å². The normalized spacial score (nSPS) is 9.07. The highest BCUT2D eigenvalue weighted by molar-refractivity contribution is 5.65. The van der Waals surface area contributed by atoms with E-state index in [-0.39, 0.29) is 13.5 Å². The third-order valence-electron chi connectivity index (χ3n) is 3.05. The minimum Gasteiger partial charge on any atom is -0.461 e. The molecule has 0 radical (unpaired) electrons. The van der Waals surface area contributed by atoms with Crippen LogP contribution in [0.3, 0.4) is 0 Å². The van der Waals surface area contributed by atoms with E-state index in [0.29, 0.717) is 12.1 Å². The summed E-state index contributed by atoms with van der Waals surface area (Å²) in [6.45, 7) is 17.4. The van der Waals surface area contributed by atoms with Crippen molar-refractivity contribution < 1.29 is 20.5 Å². The van der Waals surface area contributed by atoms with Crippen LogP contribution < -0.4 is 10.4 Å². The van der Waals surface area contributed by atoms with Crippen molar-refractivity contribution in [2.75, 3.05) is 0 Å². The van der Waals surface area contributed by atoms with Gasteiger partial charge in [0.25, 0.3) is 0 Å². The Morgan fingerprint density at radius 1 is 1.14 bits per heavy atom. The molecule has 0 aromatic heterocycles. The van der Waals surface area contributed by atoms with E-state index in [4.69, 9.17) is 22.3 Å². The lowest BCUT2D eigenvalue weighted by atomic mass is 10.0. The smallest absolute Gasteiger partial charge is 0.461 e. The van der Waals surface area contributed by atoms with Crippen LogP contribution in [0.25, 0.3) is 13.2 Å². The fourth-order valence-corrected chi connectivity index (χ4v) is 1.92. The zero-order valence-corrected chi connectivity index (χ0v) is 17.3. The second kappa shape index (κ2) is 17.4. The van der Waals surface area contributed by atoms with E-state index in [0.717, 1.165) is 22.4 Å². The van der Waals surface area contributed by atoms with Crippen LogP contribution in [0.2, 0.25) is 0 Å². The number of ether oxygens (including phenoxy) is 1. The maximum Gasteiger partial charge on any atom is 0.660 e. The Balaban J connectivity index is 0. The highest BCUT2D eigenvalue weighted by atomic mass is 16.5. The number of carbonyl (C=O) groups excluding carboxylic acids is 3. The van der Waals surface area contributed by atoms with E-state index in [1.165, 1.54) is 5.56 Å². The summed E-state index contributed by atoms with van der Waals surface area (Å²) in [7, 11) is 0. The van der Waals surface area contributed by atoms with Gasteiger partial charge in [-0.2, -0.15) is 0 Å². The molecule has 4 heteroatoms. The first-order chi connectivity index (χ1) is 13.8. The summed E-state index contributed by atoms with van der Waals surface area (Å²) in [5, 5.41) is 1.79. The van der Waals surface area contributed by atoms with Gasteiger partial charge in [-0.15, -0.1) is 0 Å². The average Bonchev–Trinajstić information content (AvgIpc) is 2.71. The van der Waals surface area contributed by atoms with Gasteiger partial charge < -0.3 is 4.74 Å². The van der Waals surface area contributed by atoms with Gasteiger partial charge in [-0.1, -0.05) is 58.5 Å². The first kappa shape index (κ1) is 24.9. The van der Waals surface area contributed by atoms with E-state index in [1.807, 2.05) is 50.2 Å². The number of esters is 1.